The molecule has 0 aliphatic heterocycles. The Morgan fingerprint density at radius 3 is 2.77 bits per heavy atom. The predicted molar refractivity (Wildman–Crippen MR) is 95.8 cm³/mol. The summed E-state index contributed by atoms with van der Waals surface area (Å²) in [4.78, 5) is 10.1. The SMILES string of the molecule is CCc1cnc(CCNC(=NC)NCCCC2CCCC2)s1. The maximum absolute atomic E-state index is 4.45. The highest BCUT2D eigenvalue weighted by Crippen LogP contribution is 2.28. The number of nitrogens with one attached hydrogen (secondary N) is 2. The molecule has 124 valence electrons. The van der Waals surface area contributed by atoms with E-state index >= 15 is 0 Å². The summed E-state index contributed by atoms with van der Waals surface area (Å²) >= 11 is 1.82. The molecule has 0 spiro atoms. The molecule has 0 atom stereocenters. The molecule has 1 fully saturated rings. The standard InChI is InChI=1S/C17H30N4S/c1-3-15-13-21-16(22-15)10-12-20-17(18-2)19-11-6-9-14-7-4-5-8-14/h13-14H,3-12H2,1-2H3,(H2,18,19,20). The molecule has 5 heteroatoms. The number of hydrogen-bond acceptors (Lipinski definition) is 3. The molecule has 1 aliphatic carbocycles. The minimum atomic E-state index is 0.888. The second-order valence-corrected chi connectivity index (χ2v) is 7.24. The molecule has 2 rings (SSSR count). The van der Waals surface area contributed by atoms with Gasteiger partial charge in [0.15, 0.2) is 5.96 Å². The van der Waals surface area contributed by atoms with Gasteiger partial charge in [-0.2, -0.15) is 0 Å². The van der Waals surface area contributed by atoms with Crippen LogP contribution in [0.5, 0.6) is 0 Å². The maximum atomic E-state index is 4.45. The van der Waals surface area contributed by atoms with Gasteiger partial charge in [-0.15, -0.1) is 11.3 Å². The molecule has 1 aromatic heterocycles. The van der Waals surface area contributed by atoms with Crippen LogP contribution in [-0.4, -0.2) is 31.1 Å². The minimum absolute atomic E-state index is 0.888. The van der Waals surface area contributed by atoms with E-state index < -0.39 is 0 Å². The maximum Gasteiger partial charge on any atom is 0.190 e. The van der Waals surface area contributed by atoms with Crippen molar-refractivity contribution >= 4 is 17.3 Å². The molecule has 2 N–H and O–H groups in total. The molecule has 0 bridgehead atoms. The lowest BCUT2D eigenvalue weighted by Crippen LogP contribution is -2.38. The normalized spacial score (nSPS) is 16.2. The Hall–Kier alpha value is -1.10. The third-order valence-electron chi connectivity index (χ3n) is 4.36. The quantitative estimate of drug-likeness (QED) is 0.438. The fourth-order valence-electron chi connectivity index (χ4n) is 3.03. The van der Waals surface area contributed by atoms with E-state index in [9.17, 15) is 0 Å². The van der Waals surface area contributed by atoms with Gasteiger partial charge in [-0.3, -0.25) is 4.99 Å². The van der Waals surface area contributed by atoms with Crippen LogP contribution in [0, 0.1) is 5.92 Å². The van der Waals surface area contributed by atoms with E-state index in [1.165, 1.54) is 48.4 Å². The zero-order valence-electron chi connectivity index (χ0n) is 14.0. The van der Waals surface area contributed by atoms with Crippen molar-refractivity contribution in [1.29, 1.82) is 0 Å². The van der Waals surface area contributed by atoms with Gasteiger partial charge in [0.1, 0.15) is 0 Å². The van der Waals surface area contributed by atoms with Crippen molar-refractivity contribution in [3.8, 4) is 0 Å². The average molecular weight is 323 g/mol. The first-order valence-corrected chi connectivity index (χ1v) is 9.51. The van der Waals surface area contributed by atoms with E-state index in [2.05, 4.69) is 27.5 Å². The van der Waals surface area contributed by atoms with Crippen LogP contribution in [0.15, 0.2) is 11.2 Å². The summed E-state index contributed by atoms with van der Waals surface area (Å²) in [5.74, 6) is 1.90. The molecule has 1 aliphatic rings. The highest BCUT2D eigenvalue weighted by atomic mass is 32.1. The van der Waals surface area contributed by atoms with Crippen molar-refractivity contribution in [2.24, 2.45) is 10.9 Å². The van der Waals surface area contributed by atoms with E-state index in [0.29, 0.717) is 0 Å². The number of aryl methyl sites for hydroxylation is 1. The highest BCUT2D eigenvalue weighted by Gasteiger charge is 2.13. The Bertz CT molecular complexity index is 449. The van der Waals surface area contributed by atoms with Gasteiger partial charge in [0.25, 0.3) is 0 Å². The molecular weight excluding hydrogens is 292 g/mol. The number of aromatic nitrogens is 1. The lowest BCUT2D eigenvalue weighted by molar-refractivity contribution is 0.481. The first-order valence-electron chi connectivity index (χ1n) is 8.70. The molecule has 1 saturated carbocycles. The first-order chi connectivity index (χ1) is 10.8. The number of aliphatic imine (C=N–C) groups is 1. The van der Waals surface area contributed by atoms with E-state index in [1.54, 1.807) is 0 Å². The van der Waals surface area contributed by atoms with Crippen LogP contribution in [0.25, 0.3) is 0 Å². The largest absolute Gasteiger partial charge is 0.356 e. The van der Waals surface area contributed by atoms with E-state index in [0.717, 1.165) is 37.8 Å². The van der Waals surface area contributed by atoms with Crippen LogP contribution in [0.4, 0.5) is 0 Å². The van der Waals surface area contributed by atoms with Gasteiger partial charge in [0, 0.05) is 37.6 Å². The molecule has 0 aromatic carbocycles. The molecule has 0 radical (unpaired) electrons. The van der Waals surface area contributed by atoms with Crippen LogP contribution >= 0.6 is 11.3 Å². The molecular formula is C17H30N4S. The predicted octanol–water partition coefficient (Wildman–Crippen LogP) is 3.38. The molecule has 1 aromatic rings. The topological polar surface area (TPSA) is 49.3 Å². The van der Waals surface area contributed by atoms with Crippen LogP contribution < -0.4 is 10.6 Å². The Labute approximate surface area is 138 Å². The van der Waals surface area contributed by atoms with Crippen molar-refractivity contribution < 1.29 is 0 Å². The first kappa shape index (κ1) is 17.3. The Morgan fingerprint density at radius 1 is 1.32 bits per heavy atom. The van der Waals surface area contributed by atoms with Crippen LogP contribution in [0.3, 0.4) is 0 Å². The van der Waals surface area contributed by atoms with E-state index in [1.807, 2.05) is 24.6 Å². The van der Waals surface area contributed by atoms with Gasteiger partial charge in [-0.05, 0) is 25.2 Å². The molecule has 22 heavy (non-hydrogen) atoms. The number of nitrogens with zero attached hydrogens (tertiary/aromatic N) is 2. The van der Waals surface area contributed by atoms with E-state index in [-0.39, 0.29) is 0 Å². The van der Waals surface area contributed by atoms with E-state index in [4.69, 9.17) is 0 Å². The van der Waals surface area contributed by atoms with Crippen molar-refractivity contribution in [2.75, 3.05) is 20.1 Å². The fourth-order valence-corrected chi connectivity index (χ4v) is 3.89. The lowest BCUT2D eigenvalue weighted by atomic mass is 10.0. The van der Waals surface area contributed by atoms with Gasteiger partial charge in [0.05, 0.1) is 5.01 Å². The number of rotatable bonds is 8. The van der Waals surface area contributed by atoms with Crippen molar-refractivity contribution in [2.45, 2.75) is 58.3 Å². The van der Waals surface area contributed by atoms with Gasteiger partial charge >= 0.3 is 0 Å². The summed E-state index contributed by atoms with van der Waals surface area (Å²) in [5, 5.41) is 8.01. The summed E-state index contributed by atoms with van der Waals surface area (Å²) in [5.41, 5.74) is 0. The van der Waals surface area contributed by atoms with Crippen LogP contribution in [-0.2, 0) is 12.8 Å². The van der Waals surface area contributed by atoms with Gasteiger partial charge < -0.3 is 10.6 Å². The smallest absolute Gasteiger partial charge is 0.190 e. The third kappa shape index (κ3) is 5.95. The molecule has 0 saturated heterocycles. The Kier molecular flexibility index (Phi) is 7.71. The number of guanidine groups is 1. The summed E-state index contributed by atoms with van der Waals surface area (Å²) in [7, 11) is 1.84. The molecule has 1 heterocycles. The van der Waals surface area contributed by atoms with Gasteiger partial charge in [-0.1, -0.05) is 32.6 Å². The molecule has 4 nitrogen and oxygen atoms in total. The van der Waals surface area contributed by atoms with Crippen molar-refractivity contribution in [3.63, 3.8) is 0 Å². The van der Waals surface area contributed by atoms with Gasteiger partial charge in [0.2, 0.25) is 0 Å². The summed E-state index contributed by atoms with van der Waals surface area (Å²) in [6.07, 6.45) is 12.4. The second-order valence-electron chi connectivity index (χ2n) is 6.04. The molecule has 0 unspecified atom stereocenters. The Morgan fingerprint density at radius 2 is 2.09 bits per heavy atom. The Balaban J connectivity index is 1.56. The number of hydrogen-bond donors (Lipinski definition) is 2. The van der Waals surface area contributed by atoms with Gasteiger partial charge in [-0.25, -0.2) is 4.98 Å². The highest BCUT2D eigenvalue weighted by molar-refractivity contribution is 7.11. The van der Waals surface area contributed by atoms with Crippen LogP contribution in [0.1, 0.15) is 55.3 Å². The molecule has 0 amide bonds. The fraction of sp³-hybridized carbons (Fsp3) is 0.765. The minimum Gasteiger partial charge on any atom is -0.356 e. The monoisotopic (exact) mass is 322 g/mol. The number of thiazole rings is 1. The van der Waals surface area contributed by atoms with Crippen molar-refractivity contribution in [3.05, 3.63) is 16.1 Å². The van der Waals surface area contributed by atoms with Crippen LogP contribution in [0.2, 0.25) is 0 Å². The second kappa shape index (κ2) is 9.82. The third-order valence-corrected chi connectivity index (χ3v) is 5.56. The lowest BCUT2D eigenvalue weighted by Gasteiger charge is -2.13. The zero-order valence-corrected chi connectivity index (χ0v) is 14.8. The average Bonchev–Trinajstić information content (AvgIpc) is 3.21. The summed E-state index contributed by atoms with van der Waals surface area (Å²) in [6.45, 7) is 4.08. The summed E-state index contributed by atoms with van der Waals surface area (Å²) in [6, 6.07) is 0. The zero-order chi connectivity index (χ0) is 15.6. The van der Waals surface area contributed by atoms with Crippen molar-refractivity contribution in [1.82, 2.24) is 15.6 Å². The summed E-state index contributed by atoms with van der Waals surface area (Å²) < 4.78 is 0.